The lowest BCUT2D eigenvalue weighted by Gasteiger charge is -2.08. The van der Waals surface area contributed by atoms with E-state index in [1.807, 2.05) is 42.5 Å². The first-order chi connectivity index (χ1) is 14.1. The summed E-state index contributed by atoms with van der Waals surface area (Å²) in [5.74, 6) is 1.78. The Balaban J connectivity index is 1.84. The van der Waals surface area contributed by atoms with Gasteiger partial charge in [0.1, 0.15) is 11.6 Å². The number of nitriles is 1. The zero-order valence-electron chi connectivity index (χ0n) is 16.2. The first kappa shape index (κ1) is 20.4. The highest BCUT2D eigenvalue weighted by Gasteiger charge is 2.12. The largest absolute Gasteiger partial charge is 0.290 e. The third kappa shape index (κ3) is 5.33. The highest BCUT2D eigenvalue weighted by Crippen LogP contribution is 2.23. The molecule has 146 valence electrons. The second-order valence-corrected chi connectivity index (χ2v) is 7.79. The minimum atomic E-state index is -0.507. The number of rotatable bonds is 7. The maximum Gasteiger partial charge on any atom is 0.270 e. The van der Waals surface area contributed by atoms with Crippen LogP contribution < -0.4 is 11.0 Å². The Morgan fingerprint density at radius 2 is 1.93 bits per heavy atom. The molecule has 0 saturated carbocycles. The second kappa shape index (κ2) is 9.71. The molecule has 0 aliphatic heterocycles. The van der Waals surface area contributed by atoms with Gasteiger partial charge < -0.3 is 0 Å². The fourth-order valence-corrected chi connectivity index (χ4v) is 3.55. The maximum absolute atomic E-state index is 12.3. The van der Waals surface area contributed by atoms with Crippen molar-refractivity contribution in [3.8, 4) is 17.3 Å². The minimum absolute atomic E-state index is 0.0267. The molecule has 1 aromatic heterocycles. The molecule has 6 nitrogen and oxygen atoms in total. The average Bonchev–Trinajstić information content (AvgIpc) is 2.73. The molecule has 2 aromatic carbocycles. The summed E-state index contributed by atoms with van der Waals surface area (Å²) < 4.78 is 0. The van der Waals surface area contributed by atoms with Gasteiger partial charge in [-0.05, 0) is 12.0 Å². The van der Waals surface area contributed by atoms with Gasteiger partial charge in [-0.2, -0.15) is 10.4 Å². The number of anilines is 1. The predicted molar refractivity (Wildman–Crippen MR) is 118 cm³/mol. The van der Waals surface area contributed by atoms with Crippen molar-refractivity contribution in [2.45, 2.75) is 18.7 Å². The van der Waals surface area contributed by atoms with Crippen LogP contribution in [0.3, 0.4) is 0 Å². The third-order valence-corrected chi connectivity index (χ3v) is 5.46. The SMILES string of the molecule is CC(C)CSc1ccccc1C=NNc1nc(-c2ccccc2)c(C#N)c(=O)[nH]1. The summed E-state index contributed by atoms with van der Waals surface area (Å²) in [6.07, 6.45) is 1.70. The van der Waals surface area contributed by atoms with E-state index in [4.69, 9.17) is 0 Å². The molecule has 3 aromatic rings. The van der Waals surface area contributed by atoms with Crippen molar-refractivity contribution < 1.29 is 0 Å². The Morgan fingerprint density at radius 3 is 2.66 bits per heavy atom. The molecule has 1 heterocycles. The number of nitrogens with zero attached hydrogens (tertiary/aromatic N) is 3. The fourth-order valence-electron chi connectivity index (χ4n) is 2.57. The lowest BCUT2D eigenvalue weighted by molar-refractivity contribution is 0.750. The van der Waals surface area contributed by atoms with E-state index in [2.05, 4.69) is 40.4 Å². The highest BCUT2D eigenvalue weighted by atomic mass is 32.2. The number of aromatic amines is 1. The van der Waals surface area contributed by atoms with Crippen molar-refractivity contribution in [2.24, 2.45) is 11.0 Å². The van der Waals surface area contributed by atoms with Crippen LogP contribution in [0.25, 0.3) is 11.3 Å². The summed E-state index contributed by atoms with van der Waals surface area (Å²) in [7, 11) is 0. The van der Waals surface area contributed by atoms with Gasteiger partial charge in [-0.3, -0.25) is 9.78 Å². The molecule has 0 amide bonds. The van der Waals surface area contributed by atoms with Crippen LogP contribution in [0.1, 0.15) is 25.0 Å². The molecule has 0 saturated heterocycles. The highest BCUT2D eigenvalue weighted by molar-refractivity contribution is 7.99. The number of aromatic nitrogens is 2. The van der Waals surface area contributed by atoms with Gasteiger partial charge in [0.25, 0.3) is 5.56 Å². The number of benzene rings is 2. The van der Waals surface area contributed by atoms with Gasteiger partial charge in [-0.1, -0.05) is 62.4 Å². The van der Waals surface area contributed by atoms with Crippen LogP contribution in [-0.2, 0) is 0 Å². The van der Waals surface area contributed by atoms with E-state index in [-0.39, 0.29) is 11.5 Å². The van der Waals surface area contributed by atoms with Crippen LogP contribution in [0.2, 0.25) is 0 Å². The Bertz CT molecular complexity index is 1100. The van der Waals surface area contributed by atoms with Crippen molar-refractivity contribution in [1.82, 2.24) is 9.97 Å². The van der Waals surface area contributed by atoms with Gasteiger partial charge in [0.05, 0.1) is 11.9 Å². The molecule has 0 aliphatic carbocycles. The van der Waals surface area contributed by atoms with Crippen LogP contribution >= 0.6 is 11.8 Å². The van der Waals surface area contributed by atoms with Gasteiger partial charge in [0.15, 0.2) is 0 Å². The van der Waals surface area contributed by atoms with Crippen LogP contribution in [0.5, 0.6) is 0 Å². The summed E-state index contributed by atoms with van der Waals surface area (Å²) in [5.41, 5.74) is 4.23. The van der Waals surface area contributed by atoms with Gasteiger partial charge in [-0.25, -0.2) is 10.4 Å². The monoisotopic (exact) mass is 403 g/mol. The Kier molecular flexibility index (Phi) is 6.82. The van der Waals surface area contributed by atoms with Crippen molar-refractivity contribution in [2.75, 3.05) is 11.2 Å². The van der Waals surface area contributed by atoms with Crippen LogP contribution in [0.15, 0.2) is 69.4 Å². The summed E-state index contributed by atoms with van der Waals surface area (Å²) in [6, 6.07) is 19.1. The normalized spacial score (nSPS) is 11.0. The summed E-state index contributed by atoms with van der Waals surface area (Å²) >= 11 is 1.78. The molecule has 0 radical (unpaired) electrons. The van der Waals surface area contributed by atoms with E-state index in [9.17, 15) is 10.1 Å². The average molecular weight is 404 g/mol. The molecule has 3 rings (SSSR count). The quantitative estimate of drug-likeness (QED) is 0.344. The van der Waals surface area contributed by atoms with Crippen LogP contribution in [0, 0.1) is 17.2 Å². The van der Waals surface area contributed by atoms with E-state index < -0.39 is 5.56 Å². The van der Waals surface area contributed by atoms with Gasteiger partial charge in [0, 0.05) is 21.8 Å². The number of H-pyrrole nitrogens is 1. The smallest absolute Gasteiger partial charge is 0.270 e. The number of nitrogens with one attached hydrogen (secondary N) is 2. The van der Waals surface area contributed by atoms with Crippen molar-refractivity contribution in [3.05, 3.63) is 76.1 Å². The molecule has 0 fully saturated rings. The van der Waals surface area contributed by atoms with E-state index in [0.717, 1.165) is 16.2 Å². The third-order valence-electron chi connectivity index (χ3n) is 3.94. The Hall–Kier alpha value is -3.37. The molecule has 0 bridgehead atoms. The Labute approximate surface area is 173 Å². The lowest BCUT2D eigenvalue weighted by Crippen LogP contribution is -2.16. The number of hydrogen-bond acceptors (Lipinski definition) is 6. The first-order valence-electron chi connectivity index (χ1n) is 9.19. The fraction of sp³-hybridized carbons (Fsp3) is 0.182. The molecule has 7 heteroatoms. The van der Waals surface area contributed by atoms with Crippen molar-refractivity contribution >= 4 is 23.9 Å². The van der Waals surface area contributed by atoms with E-state index in [0.29, 0.717) is 17.2 Å². The maximum atomic E-state index is 12.3. The zero-order valence-corrected chi connectivity index (χ0v) is 17.0. The number of thioether (sulfide) groups is 1. The van der Waals surface area contributed by atoms with Gasteiger partial charge in [0.2, 0.25) is 5.95 Å². The summed E-state index contributed by atoms with van der Waals surface area (Å²) in [4.78, 5) is 20.4. The number of hydrazone groups is 1. The van der Waals surface area contributed by atoms with E-state index in [1.165, 1.54) is 0 Å². The van der Waals surface area contributed by atoms with Crippen LogP contribution in [-0.4, -0.2) is 21.9 Å². The van der Waals surface area contributed by atoms with E-state index in [1.54, 1.807) is 30.1 Å². The van der Waals surface area contributed by atoms with Gasteiger partial charge >= 0.3 is 0 Å². The molecular formula is C22H21N5OS. The zero-order chi connectivity index (χ0) is 20.6. The molecule has 0 spiro atoms. The van der Waals surface area contributed by atoms with Crippen molar-refractivity contribution in [1.29, 1.82) is 5.26 Å². The van der Waals surface area contributed by atoms with E-state index >= 15 is 0 Å². The minimum Gasteiger partial charge on any atom is -0.290 e. The molecular weight excluding hydrogens is 382 g/mol. The van der Waals surface area contributed by atoms with Crippen LogP contribution in [0.4, 0.5) is 5.95 Å². The Morgan fingerprint density at radius 1 is 1.21 bits per heavy atom. The standard InChI is InChI=1S/C22H21N5OS/c1-15(2)14-29-19-11-7-6-10-17(19)13-24-27-22-25-20(16-8-4-3-5-9-16)18(12-23)21(28)26-22/h3-11,13,15H,14H2,1-2H3,(H2,25,26,27,28). The van der Waals surface area contributed by atoms with Crippen molar-refractivity contribution in [3.63, 3.8) is 0 Å². The summed E-state index contributed by atoms with van der Waals surface area (Å²) in [6.45, 7) is 4.37. The molecule has 0 atom stereocenters. The lowest BCUT2D eigenvalue weighted by atomic mass is 10.1. The summed E-state index contributed by atoms with van der Waals surface area (Å²) in [5, 5.41) is 13.6. The molecule has 29 heavy (non-hydrogen) atoms. The molecule has 0 aliphatic rings. The predicted octanol–water partition coefficient (Wildman–Crippen LogP) is 4.50. The first-order valence-corrected chi connectivity index (χ1v) is 10.2. The number of hydrogen-bond donors (Lipinski definition) is 2. The molecule has 2 N–H and O–H groups in total. The molecule has 0 unspecified atom stereocenters. The topological polar surface area (TPSA) is 93.9 Å². The second-order valence-electron chi connectivity index (χ2n) is 6.73. The van der Waals surface area contributed by atoms with Gasteiger partial charge in [-0.15, -0.1) is 11.8 Å².